The number of nitrogens with zero attached hydrogens (tertiary/aromatic N) is 2. The standard InChI is InChI=1S/C14H14N4O/c1-19-11-2-3-12-10(8-11)4-5-17-14(12)18-9-13-15-6-7-16-13/h2-8H,9H2,1H3,(H,15,16)(H,17,18). The van der Waals surface area contributed by atoms with E-state index in [1.807, 2.05) is 24.3 Å². The molecule has 0 unspecified atom stereocenters. The Hall–Kier alpha value is -2.56. The molecule has 3 rings (SSSR count). The van der Waals surface area contributed by atoms with E-state index in [-0.39, 0.29) is 0 Å². The van der Waals surface area contributed by atoms with Crippen LogP contribution in [-0.4, -0.2) is 22.1 Å². The van der Waals surface area contributed by atoms with Crippen molar-refractivity contribution in [1.82, 2.24) is 15.0 Å². The Morgan fingerprint density at radius 1 is 1.21 bits per heavy atom. The maximum atomic E-state index is 5.23. The van der Waals surface area contributed by atoms with Crippen LogP contribution in [-0.2, 0) is 6.54 Å². The van der Waals surface area contributed by atoms with E-state index in [1.54, 1.807) is 25.7 Å². The van der Waals surface area contributed by atoms with Crippen LogP contribution < -0.4 is 10.1 Å². The van der Waals surface area contributed by atoms with Crippen LogP contribution >= 0.6 is 0 Å². The van der Waals surface area contributed by atoms with Crippen LogP contribution in [0.25, 0.3) is 10.8 Å². The van der Waals surface area contributed by atoms with E-state index >= 15 is 0 Å². The highest BCUT2D eigenvalue weighted by Gasteiger charge is 2.04. The van der Waals surface area contributed by atoms with E-state index in [9.17, 15) is 0 Å². The molecule has 0 amide bonds. The molecule has 0 saturated heterocycles. The predicted octanol–water partition coefficient (Wildman–Crippen LogP) is 2.58. The van der Waals surface area contributed by atoms with Crippen LogP contribution in [0.15, 0.2) is 42.9 Å². The summed E-state index contributed by atoms with van der Waals surface area (Å²) >= 11 is 0. The quantitative estimate of drug-likeness (QED) is 0.751. The lowest BCUT2D eigenvalue weighted by atomic mass is 10.1. The van der Waals surface area contributed by atoms with Gasteiger partial charge in [0.2, 0.25) is 0 Å². The predicted molar refractivity (Wildman–Crippen MR) is 74.2 cm³/mol. The number of ether oxygens (including phenoxy) is 1. The first kappa shape index (κ1) is 11.5. The number of H-pyrrole nitrogens is 1. The van der Waals surface area contributed by atoms with Gasteiger partial charge in [-0.2, -0.15) is 0 Å². The van der Waals surface area contributed by atoms with Crippen molar-refractivity contribution in [1.29, 1.82) is 0 Å². The fourth-order valence-corrected chi connectivity index (χ4v) is 1.99. The Morgan fingerprint density at radius 3 is 2.95 bits per heavy atom. The number of aromatic amines is 1. The Morgan fingerprint density at radius 2 is 2.16 bits per heavy atom. The van der Waals surface area contributed by atoms with Gasteiger partial charge in [0.1, 0.15) is 17.4 Å². The highest BCUT2D eigenvalue weighted by molar-refractivity contribution is 5.92. The third-order valence-corrected chi connectivity index (χ3v) is 2.95. The largest absolute Gasteiger partial charge is 0.497 e. The zero-order valence-corrected chi connectivity index (χ0v) is 10.6. The van der Waals surface area contributed by atoms with Crippen molar-refractivity contribution >= 4 is 16.6 Å². The van der Waals surface area contributed by atoms with E-state index in [0.717, 1.165) is 28.2 Å². The molecule has 0 fully saturated rings. The molecular weight excluding hydrogens is 240 g/mol. The van der Waals surface area contributed by atoms with E-state index in [2.05, 4.69) is 20.3 Å². The summed E-state index contributed by atoms with van der Waals surface area (Å²) in [4.78, 5) is 11.6. The van der Waals surface area contributed by atoms with Crippen molar-refractivity contribution in [2.24, 2.45) is 0 Å². The van der Waals surface area contributed by atoms with Crippen LogP contribution in [0.5, 0.6) is 5.75 Å². The summed E-state index contributed by atoms with van der Waals surface area (Å²) in [5.41, 5.74) is 0. The Kier molecular flexibility index (Phi) is 3.02. The Balaban J connectivity index is 1.90. The molecule has 5 nitrogen and oxygen atoms in total. The zero-order chi connectivity index (χ0) is 13.1. The minimum atomic E-state index is 0.616. The zero-order valence-electron chi connectivity index (χ0n) is 10.6. The molecule has 19 heavy (non-hydrogen) atoms. The van der Waals surface area contributed by atoms with Gasteiger partial charge in [-0.15, -0.1) is 0 Å². The Bertz CT molecular complexity index is 679. The fraction of sp³-hybridized carbons (Fsp3) is 0.143. The van der Waals surface area contributed by atoms with E-state index in [1.165, 1.54) is 0 Å². The molecule has 0 aliphatic rings. The molecule has 0 aliphatic carbocycles. The monoisotopic (exact) mass is 254 g/mol. The SMILES string of the molecule is COc1ccc2c(NCc3ncc[nH]3)nccc2c1. The average Bonchev–Trinajstić information content (AvgIpc) is 2.97. The second-order valence-corrected chi connectivity index (χ2v) is 4.14. The summed E-state index contributed by atoms with van der Waals surface area (Å²) in [6.45, 7) is 0.616. The second-order valence-electron chi connectivity index (χ2n) is 4.14. The number of rotatable bonds is 4. The van der Waals surface area contributed by atoms with Crippen molar-refractivity contribution < 1.29 is 4.74 Å². The molecule has 5 heteroatoms. The molecule has 0 spiro atoms. The molecule has 1 aromatic carbocycles. The molecular formula is C14H14N4O. The number of hydrogen-bond donors (Lipinski definition) is 2. The summed E-state index contributed by atoms with van der Waals surface area (Å²) in [5.74, 6) is 2.57. The lowest BCUT2D eigenvalue weighted by Gasteiger charge is -2.08. The van der Waals surface area contributed by atoms with Gasteiger partial charge in [0, 0.05) is 24.0 Å². The van der Waals surface area contributed by atoms with Gasteiger partial charge in [-0.3, -0.25) is 0 Å². The lowest BCUT2D eigenvalue weighted by molar-refractivity contribution is 0.415. The number of fused-ring (bicyclic) bond motifs is 1. The molecule has 0 atom stereocenters. The minimum absolute atomic E-state index is 0.616. The van der Waals surface area contributed by atoms with Gasteiger partial charge in [-0.25, -0.2) is 9.97 Å². The Labute approximate surface area is 110 Å². The maximum Gasteiger partial charge on any atom is 0.134 e. The maximum absolute atomic E-state index is 5.23. The number of methoxy groups -OCH3 is 1. The number of imidazole rings is 1. The van der Waals surface area contributed by atoms with Crippen LogP contribution in [0.1, 0.15) is 5.82 Å². The van der Waals surface area contributed by atoms with Gasteiger partial charge < -0.3 is 15.0 Å². The summed E-state index contributed by atoms with van der Waals surface area (Å²) < 4.78 is 5.23. The van der Waals surface area contributed by atoms with Crippen molar-refractivity contribution in [3.63, 3.8) is 0 Å². The number of nitrogens with one attached hydrogen (secondary N) is 2. The van der Waals surface area contributed by atoms with Crippen molar-refractivity contribution in [2.75, 3.05) is 12.4 Å². The topological polar surface area (TPSA) is 62.8 Å². The number of benzene rings is 1. The molecule has 2 aromatic heterocycles. The van der Waals surface area contributed by atoms with Gasteiger partial charge >= 0.3 is 0 Å². The third-order valence-electron chi connectivity index (χ3n) is 2.95. The summed E-state index contributed by atoms with van der Waals surface area (Å²) in [7, 11) is 1.67. The van der Waals surface area contributed by atoms with Gasteiger partial charge in [0.25, 0.3) is 0 Å². The highest BCUT2D eigenvalue weighted by atomic mass is 16.5. The molecule has 96 valence electrons. The van der Waals surface area contributed by atoms with Crippen molar-refractivity contribution in [2.45, 2.75) is 6.54 Å². The van der Waals surface area contributed by atoms with Gasteiger partial charge in [0.05, 0.1) is 13.7 Å². The lowest BCUT2D eigenvalue weighted by Crippen LogP contribution is -2.03. The van der Waals surface area contributed by atoms with Crippen LogP contribution in [0, 0.1) is 0 Å². The number of hydrogen-bond acceptors (Lipinski definition) is 4. The summed E-state index contributed by atoms with van der Waals surface area (Å²) in [6.07, 6.45) is 5.32. The van der Waals surface area contributed by atoms with E-state index < -0.39 is 0 Å². The molecule has 2 heterocycles. The van der Waals surface area contributed by atoms with Gasteiger partial charge in [0.15, 0.2) is 0 Å². The smallest absolute Gasteiger partial charge is 0.134 e. The molecule has 0 saturated carbocycles. The van der Waals surface area contributed by atoms with Crippen molar-refractivity contribution in [3.05, 3.63) is 48.7 Å². The summed E-state index contributed by atoms with van der Waals surface area (Å²) in [6, 6.07) is 7.90. The number of anilines is 1. The average molecular weight is 254 g/mol. The van der Waals surface area contributed by atoms with Crippen LogP contribution in [0.4, 0.5) is 5.82 Å². The molecule has 0 aliphatic heterocycles. The summed E-state index contributed by atoms with van der Waals surface area (Å²) in [5, 5.41) is 5.44. The van der Waals surface area contributed by atoms with Crippen LogP contribution in [0.3, 0.4) is 0 Å². The first-order valence-electron chi connectivity index (χ1n) is 6.02. The molecule has 2 N–H and O–H groups in total. The first-order chi connectivity index (χ1) is 9.36. The van der Waals surface area contributed by atoms with Gasteiger partial charge in [-0.1, -0.05) is 0 Å². The van der Waals surface area contributed by atoms with Gasteiger partial charge in [-0.05, 0) is 29.7 Å². The molecule has 0 radical (unpaired) electrons. The minimum Gasteiger partial charge on any atom is -0.497 e. The number of pyridine rings is 1. The van der Waals surface area contributed by atoms with E-state index in [4.69, 9.17) is 4.74 Å². The van der Waals surface area contributed by atoms with Crippen molar-refractivity contribution in [3.8, 4) is 5.75 Å². The highest BCUT2D eigenvalue weighted by Crippen LogP contribution is 2.25. The number of aromatic nitrogens is 3. The normalized spacial score (nSPS) is 10.6. The second kappa shape index (κ2) is 4.97. The van der Waals surface area contributed by atoms with Crippen LogP contribution in [0.2, 0.25) is 0 Å². The fourth-order valence-electron chi connectivity index (χ4n) is 1.99. The molecule has 0 bridgehead atoms. The van der Waals surface area contributed by atoms with E-state index in [0.29, 0.717) is 6.54 Å². The third kappa shape index (κ3) is 2.35. The molecule has 3 aromatic rings. The first-order valence-corrected chi connectivity index (χ1v) is 6.02.